The van der Waals surface area contributed by atoms with Gasteiger partial charge in [-0.3, -0.25) is 4.79 Å². The first-order valence-corrected chi connectivity index (χ1v) is 10.3. The molecule has 5 nitrogen and oxygen atoms in total. The number of amides is 1. The van der Waals surface area contributed by atoms with Crippen molar-refractivity contribution in [2.75, 3.05) is 11.4 Å². The van der Waals surface area contributed by atoms with E-state index >= 15 is 0 Å². The predicted octanol–water partition coefficient (Wildman–Crippen LogP) is 5.65. The van der Waals surface area contributed by atoms with E-state index < -0.39 is 0 Å². The van der Waals surface area contributed by atoms with Crippen LogP contribution in [0.2, 0.25) is 0 Å². The first kappa shape index (κ1) is 19.8. The molecule has 4 rings (SSSR count). The van der Waals surface area contributed by atoms with E-state index in [-0.39, 0.29) is 11.9 Å². The maximum absolute atomic E-state index is 13.8. The average molecular weight is 399 g/mol. The van der Waals surface area contributed by atoms with Crippen LogP contribution >= 0.6 is 0 Å². The van der Waals surface area contributed by atoms with Crippen molar-refractivity contribution in [1.29, 1.82) is 0 Å². The normalized spacial score (nSPS) is 11.2. The number of para-hydroxylation sites is 1. The van der Waals surface area contributed by atoms with Crippen molar-refractivity contribution >= 4 is 22.6 Å². The van der Waals surface area contributed by atoms with Crippen LogP contribution in [0.15, 0.2) is 66.9 Å². The fraction of sp³-hybridized carbons (Fsp3) is 0.240. The summed E-state index contributed by atoms with van der Waals surface area (Å²) in [6.07, 6.45) is 1.76. The summed E-state index contributed by atoms with van der Waals surface area (Å²) < 4.78 is 1.88. The highest BCUT2D eigenvalue weighted by atomic mass is 16.2. The summed E-state index contributed by atoms with van der Waals surface area (Å²) in [4.78, 5) is 20.5. The summed E-state index contributed by atoms with van der Waals surface area (Å²) in [5.41, 5.74) is 5.09. The Morgan fingerprint density at radius 3 is 2.43 bits per heavy atom. The number of anilines is 1. The molecule has 0 radical (unpaired) electrons. The lowest BCUT2D eigenvalue weighted by molar-refractivity contribution is 0.0989. The van der Waals surface area contributed by atoms with Crippen LogP contribution in [0.1, 0.15) is 42.7 Å². The molecular weight excluding hydrogens is 372 g/mol. The molecule has 0 saturated carbocycles. The molecule has 30 heavy (non-hydrogen) atoms. The number of carbonyl (C=O) groups is 1. The molecule has 5 heteroatoms. The summed E-state index contributed by atoms with van der Waals surface area (Å²) in [5.74, 6) is -0.0420. The first-order chi connectivity index (χ1) is 14.5. The van der Waals surface area contributed by atoms with E-state index in [2.05, 4.69) is 18.9 Å². The Kier molecular flexibility index (Phi) is 5.36. The Hall–Kier alpha value is -3.47. The van der Waals surface area contributed by atoms with Gasteiger partial charge in [-0.05, 0) is 45.4 Å². The van der Waals surface area contributed by atoms with Crippen LogP contribution < -0.4 is 4.90 Å². The largest absolute Gasteiger partial charge is 0.308 e. The molecule has 0 saturated heterocycles. The average Bonchev–Trinajstić information content (AvgIpc) is 3.20. The van der Waals surface area contributed by atoms with E-state index in [0.717, 1.165) is 33.5 Å². The molecule has 0 N–H and O–H groups in total. The molecule has 2 heterocycles. The monoisotopic (exact) mass is 398 g/mol. The molecule has 0 aliphatic rings. The van der Waals surface area contributed by atoms with Crippen molar-refractivity contribution in [2.45, 2.75) is 33.7 Å². The highest BCUT2D eigenvalue weighted by Crippen LogP contribution is 2.29. The van der Waals surface area contributed by atoms with Crippen molar-refractivity contribution in [3.05, 3.63) is 78.0 Å². The third kappa shape index (κ3) is 3.47. The number of fused-ring (bicyclic) bond motifs is 1. The minimum atomic E-state index is -0.0420. The zero-order chi connectivity index (χ0) is 21.3. The lowest BCUT2D eigenvalue weighted by Gasteiger charge is -2.23. The number of carbonyl (C=O) groups excluding carboxylic acids is 1. The Labute approximate surface area is 177 Å². The Morgan fingerprint density at radius 1 is 1.07 bits per heavy atom. The van der Waals surface area contributed by atoms with E-state index in [1.54, 1.807) is 6.20 Å². The molecule has 2 aromatic heterocycles. The summed E-state index contributed by atoms with van der Waals surface area (Å²) in [7, 11) is 0. The lowest BCUT2D eigenvalue weighted by atomic mass is 10.0. The summed E-state index contributed by atoms with van der Waals surface area (Å²) in [6.45, 7) is 8.73. The van der Waals surface area contributed by atoms with Crippen molar-refractivity contribution in [1.82, 2.24) is 14.8 Å². The Bertz CT molecular complexity index is 1190. The van der Waals surface area contributed by atoms with E-state index in [1.165, 1.54) is 0 Å². The standard InChI is InChI=1S/C25H26N4O/c1-5-28(23-14-10-9-11-18(23)4)25(30)20-15-22(19-12-7-6-8-13-19)27-24-21(20)16-26-29(24)17(2)3/h6-17H,5H2,1-4H3. The minimum absolute atomic E-state index is 0.0420. The summed E-state index contributed by atoms with van der Waals surface area (Å²) in [6, 6.07) is 20.0. The summed E-state index contributed by atoms with van der Waals surface area (Å²) in [5, 5.41) is 5.31. The van der Waals surface area contributed by atoms with Gasteiger partial charge >= 0.3 is 0 Å². The molecule has 0 aliphatic heterocycles. The number of pyridine rings is 1. The third-order valence-corrected chi connectivity index (χ3v) is 5.32. The van der Waals surface area contributed by atoms with E-state index in [4.69, 9.17) is 4.98 Å². The van der Waals surface area contributed by atoms with Gasteiger partial charge in [0.2, 0.25) is 0 Å². The molecule has 2 aromatic carbocycles. The minimum Gasteiger partial charge on any atom is -0.308 e. The fourth-order valence-electron chi connectivity index (χ4n) is 3.76. The molecule has 0 bridgehead atoms. The first-order valence-electron chi connectivity index (χ1n) is 10.3. The number of aromatic nitrogens is 3. The van der Waals surface area contributed by atoms with Crippen LogP contribution in [0.3, 0.4) is 0 Å². The van der Waals surface area contributed by atoms with Crippen molar-refractivity contribution in [3.8, 4) is 11.3 Å². The van der Waals surface area contributed by atoms with Gasteiger partial charge in [0.25, 0.3) is 5.91 Å². The molecule has 0 aliphatic carbocycles. The maximum Gasteiger partial charge on any atom is 0.259 e. The van der Waals surface area contributed by atoms with Crippen molar-refractivity contribution in [3.63, 3.8) is 0 Å². The van der Waals surface area contributed by atoms with Gasteiger partial charge in [-0.2, -0.15) is 5.10 Å². The second kappa shape index (κ2) is 8.11. The molecule has 0 spiro atoms. The van der Waals surface area contributed by atoms with Crippen LogP contribution in [-0.4, -0.2) is 27.2 Å². The maximum atomic E-state index is 13.8. The van der Waals surface area contributed by atoms with Gasteiger partial charge in [0.15, 0.2) is 5.65 Å². The van der Waals surface area contributed by atoms with Crippen LogP contribution in [0.4, 0.5) is 5.69 Å². The van der Waals surface area contributed by atoms with Gasteiger partial charge in [-0.15, -0.1) is 0 Å². The number of aryl methyl sites for hydroxylation is 1. The Morgan fingerprint density at radius 2 is 1.77 bits per heavy atom. The predicted molar refractivity (Wildman–Crippen MR) is 122 cm³/mol. The topological polar surface area (TPSA) is 51.0 Å². The highest BCUT2D eigenvalue weighted by Gasteiger charge is 2.23. The highest BCUT2D eigenvalue weighted by molar-refractivity contribution is 6.14. The number of hydrogen-bond acceptors (Lipinski definition) is 3. The van der Waals surface area contributed by atoms with Crippen LogP contribution in [0.25, 0.3) is 22.3 Å². The second-order valence-corrected chi connectivity index (χ2v) is 7.68. The summed E-state index contributed by atoms with van der Waals surface area (Å²) >= 11 is 0. The molecule has 0 unspecified atom stereocenters. The number of nitrogens with zero attached hydrogens (tertiary/aromatic N) is 4. The van der Waals surface area contributed by atoms with Crippen LogP contribution in [0.5, 0.6) is 0 Å². The van der Waals surface area contributed by atoms with Gasteiger partial charge in [-0.1, -0.05) is 48.5 Å². The third-order valence-electron chi connectivity index (χ3n) is 5.32. The van der Waals surface area contributed by atoms with E-state index in [1.807, 2.05) is 84.1 Å². The van der Waals surface area contributed by atoms with Gasteiger partial charge < -0.3 is 4.90 Å². The molecule has 4 aromatic rings. The molecule has 1 amide bonds. The second-order valence-electron chi connectivity index (χ2n) is 7.68. The van der Waals surface area contributed by atoms with Crippen molar-refractivity contribution < 1.29 is 4.79 Å². The van der Waals surface area contributed by atoms with Crippen molar-refractivity contribution in [2.24, 2.45) is 0 Å². The van der Waals surface area contributed by atoms with E-state index in [0.29, 0.717) is 12.1 Å². The quantitative estimate of drug-likeness (QED) is 0.436. The van der Waals surface area contributed by atoms with Gasteiger partial charge in [0, 0.05) is 23.8 Å². The Balaban J connectivity index is 1.93. The lowest BCUT2D eigenvalue weighted by Crippen LogP contribution is -2.31. The smallest absolute Gasteiger partial charge is 0.259 e. The van der Waals surface area contributed by atoms with Gasteiger partial charge in [-0.25, -0.2) is 9.67 Å². The molecular formula is C25H26N4O. The van der Waals surface area contributed by atoms with Crippen LogP contribution in [-0.2, 0) is 0 Å². The zero-order valence-corrected chi connectivity index (χ0v) is 17.8. The number of rotatable bonds is 5. The zero-order valence-electron chi connectivity index (χ0n) is 17.8. The molecule has 0 atom stereocenters. The van der Waals surface area contributed by atoms with Gasteiger partial charge in [0.05, 0.1) is 22.8 Å². The molecule has 152 valence electrons. The van der Waals surface area contributed by atoms with Crippen LogP contribution in [0, 0.1) is 6.92 Å². The van der Waals surface area contributed by atoms with E-state index in [9.17, 15) is 4.79 Å². The number of benzene rings is 2. The van der Waals surface area contributed by atoms with Gasteiger partial charge in [0.1, 0.15) is 0 Å². The fourth-order valence-corrected chi connectivity index (χ4v) is 3.76. The molecule has 0 fully saturated rings. The SMILES string of the molecule is CCN(C(=O)c1cc(-c2ccccc2)nc2c1cnn2C(C)C)c1ccccc1C. The number of hydrogen-bond donors (Lipinski definition) is 0.